The van der Waals surface area contributed by atoms with Gasteiger partial charge in [0, 0.05) is 80.9 Å². The molecule has 4 unspecified atom stereocenters. The van der Waals surface area contributed by atoms with Gasteiger partial charge in [-0.3, -0.25) is 0 Å². The van der Waals surface area contributed by atoms with Gasteiger partial charge in [-0.25, -0.2) is 0 Å². The molecule has 1 aliphatic heterocycles. The second-order valence-corrected chi connectivity index (χ2v) is 41.1. The minimum absolute atomic E-state index is 0.175. The standard InChI is InChI=1S/C35H31N.C35H33N.C34H29N.C31H25NO2/c1-3-13-30(14-4-1)36(31-15-5-2-6-16-31)35-24-29(22-28-10-7-8-17-33(28)35)27-20-21-32-25-11-9-12-26(19-18-25)34(32)23-27;1-34(2)24-35(3,4)32-22-25(19-20-31(32)34)27-21-26-13-11-12-18-30(26)33(23-27)36(28-14-7-5-8-15-28)29-16-9-6-10-17-29;1-23-18-27(21-32-25-16-17-26(19-25)34(23)32)28-20-24-10-8-9-15-31(24)33(22-28)35(29-11-4-2-5-12-29)30-13-6-3-7-14-30;1-31(2)33-29-18-17-22(21-30(29)34-31)24-19-23-11-9-10-16-27(23)28(20-24)32(25-12-5-3-6-13-25)26-14-7-4-8-15-26/h1-8,10,13-17,20-26H,9,11-12,18-19H2;5-23H,24H2,1-4H3;2-15,18,20-22,25-26H,16-17,19H2,1H3;3-21H,1-2H3. The molecule has 141 heavy (non-hydrogen) atoms. The zero-order chi connectivity index (χ0) is 95.3. The van der Waals surface area contributed by atoms with Crippen molar-refractivity contribution in [1.29, 1.82) is 0 Å². The van der Waals surface area contributed by atoms with Gasteiger partial charge in [-0.2, -0.15) is 0 Å². The van der Waals surface area contributed by atoms with E-state index in [1.54, 1.807) is 22.3 Å². The van der Waals surface area contributed by atoms with Gasteiger partial charge >= 0.3 is 0 Å². The van der Waals surface area contributed by atoms with E-state index >= 15 is 0 Å². The minimum atomic E-state index is -0.646. The summed E-state index contributed by atoms with van der Waals surface area (Å²) in [5.41, 5.74) is 35.4. The lowest BCUT2D eigenvalue weighted by Gasteiger charge is -2.29. The fourth-order valence-corrected chi connectivity index (χ4v) is 24.3. The molecule has 4 bridgehead atoms. The Balaban J connectivity index is 0.000000105. The Morgan fingerprint density at radius 1 is 0.227 bits per heavy atom. The van der Waals surface area contributed by atoms with Crippen LogP contribution in [-0.4, -0.2) is 5.79 Å². The zero-order valence-electron chi connectivity index (χ0n) is 81.6. The molecule has 1 heterocycles. The molecule has 7 aliphatic rings. The summed E-state index contributed by atoms with van der Waals surface area (Å²) in [5.74, 6) is 3.98. The number of fused-ring (bicyclic) bond motifs is 14. The van der Waals surface area contributed by atoms with Gasteiger partial charge in [0.25, 0.3) is 0 Å². The van der Waals surface area contributed by atoms with Crippen LogP contribution in [0.4, 0.5) is 68.2 Å². The van der Waals surface area contributed by atoms with Gasteiger partial charge < -0.3 is 29.1 Å². The van der Waals surface area contributed by atoms with Crippen molar-refractivity contribution >= 4 is 111 Å². The van der Waals surface area contributed by atoms with Crippen molar-refractivity contribution in [3.8, 4) is 56.0 Å². The highest BCUT2D eigenvalue weighted by Gasteiger charge is 2.43. The Bertz CT molecular complexity index is 7800. The fraction of sp³-hybridized carbons (Fsp3) is 0.170. The SMILES string of the molecule is CC1(C)CC(C)(C)c2cc(-c3cc(N(c4ccccc4)c4ccccc4)c4ccccc4c3)ccc21.CC1(C)Oc2ccc(-c3cc(N(c4ccccc4)c4ccccc4)c4ccccc4c3)cc2O1.Cc1cc(-c2cc(N(c3ccccc3)c3ccccc3)c3ccccc3c2)cc2c1C1CCC2C1.c1ccc(N(c2ccccc2)c2cc(-c3ccc4c(c3)C3CCCC4CC3)cc3ccccc23)cc1. The summed E-state index contributed by atoms with van der Waals surface area (Å²) in [4.78, 5) is 9.50. The average molecular weight is 1830 g/mol. The number of ether oxygens (including phenoxy) is 2. The van der Waals surface area contributed by atoms with Crippen LogP contribution in [0, 0.1) is 6.92 Å². The van der Waals surface area contributed by atoms with E-state index in [9.17, 15) is 0 Å². The van der Waals surface area contributed by atoms with Gasteiger partial charge in [-0.15, -0.1) is 0 Å². The second-order valence-electron chi connectivity index (χ2n) is 41.1. The predicted molar refractivity (Wildman–Crippen MR) is 595 cm³/mol. The Morgan fingerprint density at radius 3 is 0.922 bits per heavy atom. The van der Waals surface area contributed by atoms with E-state index in [4.69, 9.17) is 9.47 Å². The molecular formula is C135H118N4O2. The maximum Gasteiger partial charge on any atom is 0.246 e. The largest absolute Gasteiger partial charge is 0.449 e. The lowest BCUT2D eigenvalue weighted by molar-refractivity contribution is -0.0431. The molecule has 20 aromatic rings. The van der Waals surface area contributed by atoms with E-state index in [1.807, 2.05) is 19.9 Å². The number of rotatable bonds is 16. The first-order valence-electron chi connectivity index (χ1n) is 50.7. The van der Waals surface area contributed by atoms with Crippen LogP contribution in [0.5, 0.6) is 11.5 Å². The zero-order valence-corrected chi connectivity index (χ0v) is 81.6. The van der Waals surface area contributed by atoms with Crippen LogP contribution in [-0.2, 0) is 10.8 Å². The number of benzene rings is 20. The molecule has 6 aliphatic carbocycles. The molecule has 2 saturated carbocycles. The Kier molecular flexibility index (Phi) is 23.9. The molecule has 6 heteroatoms. The van der Waals surface area contributed by atoms with Crippen LogP contribution >= 0.6 is 0 Å². The normalized spacial score (nSPS) is 16.5. The van der Waals surface area contributed by atoms with E-state index < -0.39 is 5.79 Å². The van der Waals surface area contributed by atoms with Crippen LogP contribution in [0.3, 0.4) is 0 Å². The van der Waals surface area contributed by atoms with Gasteiger partial charge in [-0.1, -0.05) is 331 Å². The highest BCUT2D eigenvalue weighted by atomic mass is 16.7. The molecule has 27 rings (SSSR count). The highest BCUT2D eigenvalue weighted by Crippen LogP contribution is 2.58. The number of hydrogen-bond acceptors (Lipinski definition) is 6. The second kappa shape index (κ2) is 37.9. The van der Waals surface area contributed by atoms with E-state index in [0.29, 0.717) is 0 Å². The van der Waals surface area contributed by atoms with Gasteiger partial charge in [0.1, 0.15) is 0 Å². The first kappa shape index (κ1) is 89.2. The predicted octanol–water partition coefficient (Wildman–Crippen LogP) is 38.2. The quantitative estimate of drug-likeness (QED) is 0.0958. The van der Waals surface area contributed by atoms with Gasteiger partial charge in [-0.05, 0) is 356 Å². The van der Waals surface area contributed by atoms with Gasteiger partial charge in [0.05, 0.1) is 22.7 Å². The molecule has 0 radical (unpaired) electrons. The molecule has 0 spiro atoms. The lowest BCUT2D eigenvalue weighted by atomic mass is 9.77. The molecule has 4 atom stereocenters. The molecule has 0 N–H and O–H groups in total. The van der Waals surface area contributed by atoms with Crippen LogP contribution in [0.15, 0.2) is 455 Å². The topological polar surface area (TPSA) is 31.4 Å². The van der Waals surface area contributed by atoms with Crippen LogP contribution in [0.1, 0.15) is 162 Å². The third-order valence-corrected chi connectivity index (χ3v) is 30.4. The monoisotopic (exact) mass is 1830 g/mol. The Hall–Kier alpha value is -15.8. The minimum Gasteiger partial charge on any atom is -0.449 e. The van der Waals surface area contributed by atoms with E-state index in [-0.39, 0.29) is 10.8 Å². The third kappa shape index (κ3) is 17.8. The summed E-state index contributed by atoms with van der Waals surface area (Å²) in [7, 11) is 0. The summed E-state index contributed by atoms with van der Waals surface area (Å²) in [6, 6.07) is 165. The number of hydrogen-bond donors (Lipinski definition) is 0. The maximum atomic E-state index is 6.03. The number of para-hydroxylation sites is 8. The van der Waals surface area contributed by atoms with E-state index in [1.165, 1.54) is 191 Å². The van der Waals surface area contributed by atoms with Crippen molar-refractivity contribution in [2.45, 2.75) is 147 Å². The summed E-state index contributed by atoms with van der Waals surface area (Å²) in [6.07, 6.45) is 12.1. The molecule has 0 amide bonds. The van der Waals surface area contributed by atoms with E-state index in [2.05, 4.69) is 503 Å². The van der Waals surface area contributed by atoms with Crippen LogP contribution in [0.2, 0.25) is 0 Å². The van der Waals surface area contributed by atoms with Crippen molar-refractivity contribution < 1.29 is 9.47 Å². The summed E-state index contributed by atoms with van der Waals surface area (Å²) < 4.78 is 11.9. The van der Waals surface area contributed by atoms with Crippen molar-refractivity contribution in [3.05, 3.63) is 494 Å². The number of nitrogens with zero attached hydrogens (tertiary/aromatic N) is 4. The summed E-state index contributed by atoms with van der Waals surface area (Å²) in [5, 5.41) is 9.96. The van der Waals surface area contributed by atoms with Crippen molar-refractivity contribution in [2.24, 2.45) is 0 Å². The molecular weight excluding hydrogens is 1710 g/mol. The van der Waals surface area contributed by atoms with Crippen molar-refractivity contribution in [2.75, 3.05) is 19.6 Å². The van der Waals surface area contributed by atoms with Crippen molar-refractivity contribution in [3.63, 3.8) is 0 Å². The first-order valence-corrected chi connectivity index (χ1v) is 50.7. The third-order valence-electron chi connectivity index (χ3n) is 30.4. The van der Waals surface area contributed by atoms with Gasteiger partial charge in [0.2, 0.25) is 5.79 Å². The highest BCUT2D eigenvalue weighted by molar-refractivity contribution is 6.07. The average Bonchev–Trinajstić information content (AvgIpc) is 1.66. The van der Waals surface area contributed by atoms with E-state index in [0.717, 1.165) is 74.7 Å². The summed E-state index contributed by atoms with van der Waals surface area (Å²) >= 11 is 0. The number of anilines is 12. The molecule has 2 fully saturated rings. The van der Waals surface area contributed by atoms with Crippen LogP contribution < -0.4 is 29.1 Å². The van der Waals surface area contributed by atoms with Crippen molar-refractivity contribution in [1.82, 2.24) is 0 Å². The fourth-order valence-electron chi connectivity index (χ4n) is 24.3. The molecule has 0 aromatic heterocycles. The maximum absolute atomic E-state index is 6.03. The first-order chi connectivity index (χ1) is 69.0. The Labute approximate surface area is 831 Å². The molecule has 0 saturated heterocycles. The summed E-state index contributed by atoms with van der Waals surface area (Å²) in [6.45, 7) is 15.7. The van der Waals surface area contributed by atoms with Crippen LogP contribution in [0.25, 0.3) is 87.6 Å². The Morgan fingerprint density at radius 2 is 0.525 bits per heavy atom. The number of aryl methyl sites for hydroxylation is 1. The smallest absolute Gasteiger partial charge is 0.246 e. The molecule has 690 valence electrons. The lowest BCUT2D eigenvalue weighted by Crippen LogP contribution is -2.29. The van der Waals surface area contributed by atoms with Gasteiger partial charge in [0.15, 0.2) is 11.5 Å². The molecule has 20 aromatic carbocycles. The molecule has 6 nitrogen and oxygen atoms in total.